The molecule has 1 heterocycles. The Bertz CT molecular complexity index is 641. The van der Waals surface area contributed by atoms with Crippen molar-refractivity contribution < 1.29 is 4.79 Å². The van der Waals surface area contributed by atoms with Gasteiger partial charge in [-0.25, -0.2) is 0 Å². The molecule has 0 atom stereocenters. The molecule has 5 heteroatoms. The van der Waals surface area contributed by atoms with Crippen LogP contribution in [0, 0.1) is 0 Å². The number of benzene rings is 1. The Morgan fingerprint density at radius 3 is 2.80 bits per heavy atom. The van der Waals surface area contributed by atoms with Crippen molar-refractivity contribution in [3.05, 3.63) is 53.3 Å². The Hall–Kier alpha value is -2.07. The molecular weight excluding hydrogens is 274 g/mol. The van der Waals surface area contributed by atoms with E-state index in [1.165, 1.54) is 12.8 Å². The fraction of sp³-hybridized carbons (Fsp3) is 0.200. The Morgan fingerprint density at radius 2 is 2.05 bits per heavy atom. The first-order chi connectivity index (χ1) is 9.72. The predicted molar refractivity (Wildman–Crippen MR) is 80.3 cm³/mol. The molecule has 2 aromatic rings. The van der Waals surface area contributed by atoms with Gasteiger partial charge in [-0.1, -0.05) is 23.7 Å². The van der Waals surface area contributed by atoms with E-state index in [0.29, 0.717) is 22.4 Å². The molecule has 1 aromatic carbocycles. The molecule has 1 aliphatic carbocycles. The van der Waals surface area contributed by atoms with Crippen molar-refractivity contribution in [3.63, 3.8) is 0 Å². The van der Waals surface area contributed by atoms with Crippen molar-refractivity contribution in [2.75, 3.05) is 10.6 Å². The van der Waals surface area contributed by atoms with Crippen LogP contribution in [0.4, 0.5) is 11.4 Å². The van der Waals surface area contributed by atoms with E-state index in [4.69, 9.17) is 11.6 Å². The average Bonchev–Trinajstić information content (AvgIpc) is 3.25. The van der Waals surface area contributed by atoms with Crippen molar-refractivity contribution in [2.24, 2.45) is 0 Å². The van der Waals surface area contributed by atoms with Gasteiger partial charge in [-0.05, 0) is 37.1 Å². The van der Waals surface area contributed by atoms with Gasteiger partial charge in [-0.15, -0.1) is 0 Å². The van der Waals surface area contributed by atoms with E-state index in [0.717, 1.165) is 5.69 Å². The average molecular weight is 288 g/mol. The standard InChI is InChI=1S/C15H14ClN3O/c16-12-3-1-2-4-13(12)19-15(20)14-9-11(7-8-17-14)18-10-5-6-10/h1-4,7-10H,5-6H2,(H,17,18)(H,19,20). The van der Waals surface area contributed by atoms with Crippen LogP contribution in [-0.2, 0) is 0 Å². The number of hydrogen-bond donors (Lipinski definition) is 2. The second-order valence-corrected chi connectivity index (χ2v) is 5.19. The van der Waals surface area contributed by atoms with E-state index in [1.54, 1.807) is 24.4 Å². The summed E-state index contributed by atoms with van der Waals surface area (Å²) in [6, 6.07) is 11.3. The van der Waals surface area contributed by atoms with Crippen molar-refractivity contribution in [2.45, 2.75) is 18.9 Å². The third kappa shape index (κ3) is 3.08. The van der Waals surface area contributed by atoms with Crippen molar-refractivity contribution in [3.8, 4) is 0 Å². The first-order valence-electron chi connectivity index (χ1n) is 6.51. The van der Waals surface area contributed by atoms with Crippen LogP contribution in [0.15, 0.2) is 42.6 Å². The molecular formula is C15H14ClN3O. The van der Waals surface area contributed by atoms with Crippen LogP contribution in [0.1, 0.15) is 23.3 Å². The van der Waals surface area contributed by atoms with E-state index in [-0.39, 0.29) is 5.91 Å². The number of carbonyl (C=O) groups is 1. The number of carbonyl (C=O) groups excluding carboxylic acids is 1. The lowest BCUT2D eigenvalue weighted by atomic mass is 10.2. The molecule has 1 amide bonds. The lowest BCUT2D eigenvalue weighted by Crippen LogP contribution is -2.14. The third-order valence-corrected chi connectivity index (χ3v) is 3.39. The van der Waals surface area contributed by atoms with Crippen molar-refractivity contribution >= 4 is 28.9 Å². The molecule has 102 valence electrons. The highest BCUT2D eigenvalue weighted by Crippen LogP contribution is 2.25. The molecule has 0 spiro atoms. The van der Waals surface area contributed by atoms with Crippen LogP contribution in [-0.4, -0.2) is 16.9 Å². The minimum absolute atomic E-state index is 0.266. The minimum atomic E-state index is -0.266. The molecule has 0 aliphatic heterocycles. The summed E-state index contributed by atoms with van der Waals surface area (Å²) in [5.41, 5.74) is 1.88. The highest BCUT2D eigenvalue weighted by Gasteiger charge is 2.21. The van der Waals surface area contributed by atoms with Gasteiger partial charge in [0.25, 0.3) is 5.91 Å². The van der Waals surface area contributed by atoms with Crippen LogP contribution in [0.25, 0.3) is 0 Å². The highest BCUT2D eigenvalue weighted by atomic mass is 35.5. The van der Waals surface area contributed by atoms with Crippen LogP contribution in [0.5, 0.6) is 0 Å². The van der Waals surface area contributed by atoms with Crippen LogP contribution >= 0.6 is 11.6 Å². The Morgan fingerprint density at radius 1 is 1.25 bits per heavy atom. The van der Waals surface area contributed by atoms with E-state index >= 15 is 0 Å². The molecule has 3 rings (SSSR count). The van der Waals surface area contributed by atoms with Crippen molar-refractivity contribution in [1.29, 1.82) is 0 Å². The number of hydrogen-bond acceptors (Lipinski definition) is 3. The smallest absolute Gasteiger partial charge is 0.274 e. The fourth-order valence-electron chi connectivity index (χ4n) is 1.86. The first kappa shape index (κ1) is 12.9. The number of nitrogens with zero attached hydrogens (tertiary/aromatic N) is 1. The number of anilines is 2. The Balaban J connectivity index is 1.74. The van der Waals surface area contributed by atoms with Crippen LogP contribution in [0.2, 0.25) is 5.02 Å². The molecule has 0 unspecified atom stereocenters. The molecule has 4 nitrogen and oxygen atoms in total. The Labute approximate surface area is 122 Å². The topological polar surface area (TPSA) is 54.0 Å². The lowest BCUT2D eigenvalue weighted by Gasteiger charge is -2.08. The maximum Gasteiger partial charge on any atom is 0.274 e. The predicted octanol–water partition coefficient (Wildman–Crippen LogP) is 3.56. The molecule has 0 bridgehead atoms. The molecule has 20 heavy (non-hydrogen) atoms. The van der Waals surface area contributed by atoms with E-state index < -0.39 is 0 Å². The molecule has 0 radical (unpaired) electrons. The van der Waals surface area contributed by atoms with Gasteiger partial charge in [0.05, 0.1) is 10.7 Å². The molecule has 1 aromatic heterocycles. The number of pyridine rings is 1. The van der Waals surface area contributed by atoms with E-state index in [9.17, 15) is 4.79 Å². The maximum absolute atomic E-state index is 12.2. The minimum Gasteiger partial charge on any atom is -0.382 e. The molecule has 2 N–H and O–H groups in total. The van der Waals surface area contributed by atoms with Gasteiger partial charge in [0.1, 0.15) is 5.69 Å². The summed E-state index contributed by atoms with van der Waals surface area (Å²) in [5, 5.41) is 6.61. The zero-order valence-electron chi connectivity index (χ0n) is 10.8. The summed E-state index contributed by atoms with van der Waals surface area (Å²) < 4.78 is 0. The monoisotopic (exact) mass is 287 g/mol. The first-order valence-corrected chi connectivity index (χ1v) is 6.88. The van der Waals surface area contributed by atoms with E-state index in [1.807, 2.05) is 18.2 Å². The lowest BCUT2D eigenvalue weighted by molar-refractivity contribution is 0.102. The zero-order chi connectivity index (χ0) is 13.9. The van der Waals surface area contributed by atoms with Gasteiger partial charge >= 0.3 is 0 Å². The van der Waals surface area contributed by atoms with E-state index in [2.05, 4.69) is 15.6 Å². The summed E-state index contributed by atoms with van der Waals surface area (Å²) in [6.45, 7) is 0. The number of halogens is 1. The SMILES string of the molecule is O=C(Nc1ccccc1Cl)c1cc(NC2CC2)ccn1. The number of rotatable bonds is 4. The van der Waals surface area contributed by atoms with Gasteiger partial charge in [0.2, 0.25) is 0 Å². The summed E-state index contributed by atoms with van der Waals surface area (Å²) in [5.74, 6) is -0.266. The second kappa shape index (κ2) is 5.51. The number of para-hydroxylation sites is 1. The summed E-state index contributed by atoms with van der Waals surface area (Å²) in [7, 11) is 0. The van der Waals surface area contributed by atoms with Gasteiger partial charge in [0.15, 0.2) is 0 Å². The molecule has 1 aliphatic rings. The van der Waals surface area contributed by atoms with Gasteiger partial charge < -0.3 is 10.6 Å². The maximum atomic E-state index is 12.2. The summed E-state index contributed by atoms with van der Waals surface area (Å²) in [6.07, 6.45) is 4.00. The quantitative estimate of drug-likeness (QED) is 0.904. The van der Waals surface area contributed by atoms with Crippen LogP contribution in [0.3, 0.4) is 0 Å². The second-order valence-electron chi connectivity index (χ2n) is 4.78. The third-order valence-electron chi connectivity index (χ3n) is 3.06. The molecule has 1 saturated carbocycles. The normalized spacial score (nSPS) is 13.8. The van der Waals surface area contributed by atoms with Crippen molar-refractivity contribution in [1.82, 2.24) is 4.98 Å². The summed E-state index contributed by atoms with van der Waals surface area (Å²) >= 11 is 6.02. The number of aromatic nitrogens is 1. The van der Waals surface area contributed by atoms with Gasteiger partial charge in [-0.3, -0.25) is 9.78 Å². The zero-order valence-corrected chi connectivity index (χ0v) is 11.5. The fourth-order valence-corrected chi connectivity index (χ4v) is 2.04. The number of nitrogens with one attached hydrogen (secondary N) is 2. The van der Waals surface area contributed by atoms with Gasteiger partial charge in [-0.2, -0.15) is 0 Å². The Kier molecular flexibility index (Phi) is 3.56. The molecule has 0 saturated heterocycles. The van der Waals surface area contributed by atoms with Crippen LogP contribution < -0.4 is 10.6 Å². The summed E-state index contributed by atoms with van der Waals surface area (Å²) in [4.78, 5) is 16.3. The highest BCUT2D eigenvalue weighted by molar-refractivity contribution is 6.33. The number of amides is 1. The van der Waals surface area contributed by atoms with Gasteiger partial charge in [0, 0.05) is 17.9 Å². The largest absolute Gasteiger partial charge is 0.382 e. The molecule has 1 fully saturated rings.